The highest BCUT2D eigenvalue weighted by atomic mass is 35.5. The fourth-order valence-corrected chi connectivity index (χ4v) is 4.59. The van der Waals surface area contributed by atoms with E-state index in [1.807, 2.05) is 54.6 Å². The van der Waals surface area contributed by atoms with Crippen molar-refractivity contribution in [2.75, 3.05) is 13.7 Å². The molecule has 0 unspecified atom stereocenters. The number of methoxy groups -OCH3 is 1. The second kappa shape index (κ2) is 10.2. The van der Waals surface area contributed by atoms with Crippen LogP contribution in [0, 0.1) is 0 Å². The number of thiazole rings is 1. The van der Waals surface area contributed by atoms with Crippen LogP contribution in [0.15, 0.2) is 76.5 Å². The molecule has 0 spiro atoms. The Balaban J connectivity index is 1.37. The predicted octanol–water partition coefficient (Wildman–Crippen LogP) is 5.36. The van der Waals surface area contributed by atoms with Gasteiger partial charge in [-0.1, -0.05) is 59.9 Å². The van der Waals surface area contributed by atoms with E-state index < -0.39 is 0 Å². The van der Waals surface area contributed by atoms with Crippen molar-refractivity contribution < 1.29 is 13.9 Å². The molecule has 0 atom stereocenters. The Kier molecular flexibility index (Phi) is 6.71. The molecule has 2 aromatic carbocycles. The molecule has 36 heavy (non-hydrogen) atoms. The van der Waals surface area contributed by atoms with Crippen molar-refractivity contribution in [3.63, 3.8) is 0 Å². The second-order valence-electron chi connectivity index (χ2n) is 7.64. The van der Waals surface area contributed by atoms with Gasteiger partial charge >= 0.3 is 0 Å². The fraction of sp³-hybridized carbons (Fsp3) is 0.0741. The molecule has 0 fully saturated rings. The summed E-state index contributed by atoms with van der Waals surface area (Å²) in [5, 5.41) is 4.96. The molecule has 0 bridgehead atoms. The van der Waals surface area contributed by atoms with Crippen LogP contribution in [-0.2, 0) is 0 Å². The molecule has 0 aliphatic heterocycles. The van der Waals surface area contributed by atoms with Gasteiger partial charge in [-0.3, -0.25) is 4.79 Å². The first kappa shape index (κ1) is 23.6. The van der Waals surface area contributed by atoms with Crippen LogP contribution in [0.25, 0.3) is 34.5 Å². The maximum atomic E-state index is 12.9. The number of fused-ring (bicyclic) bond motifs is 1. The van der Waals surface area contributed by atoms with Gasteiger partial charge in [0.25, 0.3) is 5.56 Å². The molecule has 0 saturated carbocycles. The number of rotatable bonds is 8. The molecule has 180 valence electrons. The first-order chi connectivity index (χ1) is 17.5. The molecule has 0 aliphatic carbocycles. The summed E-state index contributed by atoms with van der Waals surface area (Å²) in [6, 6.07) is 16.6. The molecule has 3 aromatic heterocycles. The minimum absolute atomic E-state index is 0.256. The number of ether oxygens (including phenoxy) is 2. The first-order valence-corrected chi connectivity index (χ1v) is 12.1. The zero-order valence-electron chi connectivity index (χ0n) is 19.2. The summed E-state index contributed by atoms with van der Waals surface area (Å²) >= 11 is 7.31. The van der Waals surface area contributed by atoms with E-state index in [9.17, 15) is 4.79 Å². The Morgan fingerprint density at radius 3 is 2.81 bits per heavy atom. The summed E-state index contributed by atoms with van der Waals surface area (Å²) in [6.07, 6.45) is 6.95. The third-order valence-electron chi connectivity index (χ3n) is 5.18. The van der Waals surface area contributed by atoms with Crippen molar-refractivity contribution in [1.82, 2.24) is 14.6 Å². The Bertz CT molecular complexity index is 1700. The lowest BCUT2D eigenvalue weighted by molar-refractivity contribution is 0.326. The Hall–Kier alpha value is -4.14. The lowest BCUT2D eigenvalue weighted by Crippen LogP contribution is -2.23. The third kappa shape index (κ3) is 4.95. The molecule has 0 N–H and O–H groups in total. The minimum Gasteiger partial charge on any atom is -0.493 e. The number of nitrogens with zero attached hydrogens (tertiary/aromatic N) is 3. The maximum Gasteiger partial charge on any atom is 0.291 e. The maximum absolute atomic E-state index is 12.9. The fourth-order valence-electron chi connectivity index (χ4n) is 3.50. The monoisotopic (exact) mass is 517 g/mol. The van der Waals surface area contributed by atoms with E-state index in [0.717, 1.165) is 11.1 Å². The average Bonchev–Trinajstić information content (AvgIpc) is 3.59. The molecule has 9 heteroatoms. The van der Waals surface area contributed by atoms with Gasteiger partial charge in [0, 0.05) is 16.7 Å². The topological polar surface area (TPSA) is 78.9 Å². The average molecular weight is 518 g/mol. The first-order valence-electron chi connectivity index (χ1n) is 10.9. The van der Waals surface area contributed by atoms with E-state index in [0.29, 0.717) is 50.0 Å². The van der Waals surface area contributed by atoms with Crippen molar-refractivity contribution >= 4 is 46.1 Å². The van der Waals surface area contributed by atoms with Gasteiger partial charge in [-0.25, -0.2) is 0 Å². The largest absolute Gasteiger partial charge is 0.493 e. The molecular formula is C27H20ClN3O4S. The van der Waals surface area contributed by atoms with Crippen LogP contribution >= 0.6 is 22.9 Å². The van der Waals surface area contributed by atoms with E-state index in [2.05, 4.69) is 16.7 Å². The second-order valence-corrected chi connectivity index (χ2v) is 9.08. The summed E-state index contributed by atoms with van der Waals surface area (Å²) in [7, 11) is 1.58. The highest BCUT2D eigenvalue weighted by molar-refractivity contribution is 7.15. The summed E-state index contributed by atoms with van der Waals surface area (Å²) in [5.41, 5.74) is 1.48. The molecule has 0 amide bonds. The van der Waals surface area contributed by atoms with Crippen molar-refractivity contribution in [3.8, 4) is 22.8 Å². The lowest BCUT2D eigenvalue weighted by Gasteiger charge is -2.09. The molecule has 0 saturated heterocycles. The van der Waals surface area contributed by atoms with Crippen LogP contribution in [0.1, 0.15) is 17.1 Å². The summed E-state index contributed by atoms with van der Waals surface area (Å²) in [5.74, 6) is 2.89. The van der Waals surface area contributed by atoms with Crippen LogP contribution < -0.4 is 19.6 Å². The number of hydrogen-bond acceptors (Lipinski definition) is 7. The van der Waals surface area contributed by atoms with Gasteiger partial charge in [0.15, 0.2) is 17.3 Å². The van der Waals surface area contributed by atoms with Crippen LogP contribution in [0.5, 0.6) is 11.5 Å². The third-order valence-corrected chi connectivity index (χ3v) is 6.37. The number of halogens is 1. The summed E-state index contributed by atoms with van der Waals surface area (Å²) in [6.45, 7) is 4.04. The Labute approximate surface area is 215 Å². The van der Waals surface area contributed by atoms with E-state index in [1.54, 1.807) is 31.4 Å². The van der Waals surface area contributed by atoms with E-state index >= 15 is 0 Å². The van der Waals surface area contributed by atoms with Crippen LogP contribution in [0.2, 0.25) is 5.02 Å². The van der Waals surface area contributed by atoms with Crippen molar-refractivity contribution in [1.29, 1.82) is 0 Å². The molecule has 5 rings (SSSR count). The van der Waals surface area contributed by atoms with Gasteiger partial charge in [-0.2, -0.15) is 9.50 Å². The highest BCUT2D eigenvalue weighted by Crippen LogP contribution is 2.29. The minimum atomic E-state index is -0.256. The van der Waals surface area contributed by atoms with Gasteiger partial charge in [-0.15, -0.1) is 5.10 Å². The van der Waals surface area contributed by atoms with Gasteiger partial charge in [0.1, 0.15) is 22.7 Å². The standard InChI is InChI=1S/C27H20ClN3O4S/c1-3-13-34-22-10-7-17(14-23(22)33-2)8-12-25-29-27-31(30-25)26(32)24(36-27)16-20-9-11-21(35-20)18-5-4-6-19(28)15-18/h3-12,14-16H,1,13H2,2H3/b12-8+,24-16-. The highest BCUT2D eigenvalue weighted by Gasteiger charge is 2.11. The van der Waals surface area contributed by atoms with Gasteiger partial charge < -0.3 is 13.9 Å². The van der Waals surface area contributed by atoms with Crippen LogP contribution in [0.4, 0.5) is 0 Å². The van der Waals surface area contributed by atoms with Crippen LogP contribution in [0.3, 0.4) is 0 Å². The molecular weight excluding hydrogens is 498 g/mol. The van der Waals surface area contributed by atoms with Crippen molar-refractivity contribution in [2.24, 2.45) is 0 Å². The van der Waals surface area contributed by atoms with Gasteiger partial charge in [0.05, 0.1) is 7.11 Å². The number of aromatic nitrogens is 3. The summed E-state index contributed by atoms with van der Waals surface area (Å²) < 4.78 is 18.6. The molecule has 5 aromatic rings. The number of benzene rings is 2. The molecule has 0 aliphatic rings. The predicted molar refractivity (Wildman–Crippen MR) is 143 cm³/mol. The van der Waals surface area contributed by atoms with E-state index in [4.69, 9.17) is 25.5 Å². The van der Waals surface area contributed by atoms with Crippen molar-refractivity contribution in [3.05, 3.63) is 104 Å². The smallest absolute Gasteiger partial charge is 0.291 e. The normalized spacial score (nSPS) is 12.0. The van der Waals surface area contributed by atoms with Gasteiger partial charge in [-0.05, 0) is 48.0 Å². The molecule has 7 nitrogen and oxygen atoms in total. The van der Waals surface area contributed by atoms with Crippen LogP contribution in [-0.4, -0.2) is 28.3 Å². The van der Waals surface area contributed by atoms with E-state index in [-0.39, 0.29) is 5.56 Å². The SMILES string of the molecule is C=CCOc1ccc(/C=C/c2nc3s/c(=C\c4ccc(-c5cccc(Cl)c5)o4)c(=O)n3n2)cc1OC. The summed E-state index contributed by atoms with van der Waals surface area (Å²) in [4.78, 5) is 17.8. The molecule has 0 radical (unpaired) electrons. The Morgan fingerprint density at radius 1 is 1.14 bits per heavy atom. The molecule has 3 heterocycles. The van der Waals surface area contributed by atoms with E-state index in [1.165, 1.54) is 15.9 Å². The quantitative estimate of drug-likeness (QED) is 0.258. The number of hydrogen-bond donors (Lipinski definition) is 0. The zero-order chi connectivity index (χ0) is 25.1. The van der Waals surface area contributed by atoms with Crippen molar-refractivity contribution in [2.45, 2.75) is 0 Å². The van der Waals surface area contributed by atoms with Gasteiger partial charge in [0.2, 0.25) is 4.96 Å². The number of furan rings is 1. The lowest BCUT2D eigenvalue weighted by atomic mass is 10.2. The zero-order valence-corrected chi connectivity index (χ0v) is 20.8. The Morgan fingerprint density at radius 2 is 2.03 bits per heavy atom.